The first kappa shape index (κ1) is 18.9. The van der Waals surface area contributed by atoms with Crippen molar-refractivity contribution in [3.63, 3.8) is 0 Å². The summed E-state index contributed by atoms with van der Waals surface area (Å²) in [5, 5.41) is 4.25. The molecular weight excluding hydrogens is 414 g/mol. The van der Waals surface area contributed by atoms with Crippen LogP contribution >= 0.6 is 0 Å². The molecule has 0 fully saturated rings. The fraction of sp³-hybridized carbons (Fsp3) is 0. The molecule has 0 atom stereocenters. The van der Waals surface area contributed by atoms with Gasteiger partial charge in [-0.1, -0.05) is 97.1 Å². The molecule has 0 spiro atoms. The molecule has 3 aromatic heterocycles. The van der Waals surface area contributed by atoms with Crippen LogP contribution in [0.3, 0.4) is 0 Å². The summed E-state index contributed by atoms with van der Waals surface area (Å²) in [4.78, 5) is 15.4. The summed E-state index contributed by atoms with van der Waals surface area (Å²) in [7, 11) is 0. The quantitative estimate of drug-likeness (QED) is 0.206. The van der Waals surface area contributed by atoms with E-state index in [0.717, 1.165) is 66.1 Å². The van der Waals surface area contributed by atoms with Gasteiger partial charge < -0.3 is 0 Å². The largest absolute Gasteiger partial charge is 0.247 e. The van der Waals surface area contributed by atoms with Gasteiger partial charge in [-0.2, -0.15) is 0 Å². The molecule has 0 aliphatic carbocycles. The maximum Gasteiger partial charge on any atom is 0.0972 e. The van der Waals surface area contributed by atoms with E-state index in [1.807, 2.05) is 36.4 Å². The van der Waals surface area contributed by atoms with Crippen molar-refractivity contribution in [1.82, 2.24) is 15.0 Å². The van der Waals surface area contributed by atoms with Gasteiger partial charge in [-0.25, -0.2) is 15.0 Å². The number of nitrogens with zero attached hydrogens (tertiary/aromatic N) is 3. The Hall–Kier alpha value is -4.63. The predicted molar refractivity (Wildman–Crippen MR) is 141 cm³/mol. The van der Waals surface area contributed by atoms with Gasteiger partial charge >= 0.3 is 0 Å². The Bertz CT molecular complexity index is 1840. The standard InChI is InChI=1S/C31H19N3/c1-3-9-20(10-4-1)26-18-17-22-15-16-23-19-25-28(21-11-5-2-6-12-21)33-27-14-8-7-13-24(27)31(25)34-30(23)29(22)32-26/h1-19H. The molecule has 0 N–H and O–H groups in total. The van der Waals surface area contributed by atoms with Crippen molar-refractivity contribution in [1.29, 1.82) is 0 Å². The summed E-state index contributed by atoms with van der Waals surface area (Å²) in [6.07, 6.45) is 0. The van der Waals surface area contributed by atoms with Crippen LogP contribution in [0.15, 0.2) is 115 Å². The van der Waals surface area contributed by atoms with Crippen molar-refractivity contribution in [2.45, 2.75) is 0 Å². The summed E-state index contributed by atoms with van der Waals surface area (Å²) >= 11 is 0. The molecule has 3 heteroatoms. The first-order chi connectivity index (χ1) is 16.8. The van der Waals surface area contributed by atoms with Gasteiger partial charge in [0.05, 0.1) is 33.5 Å². The number of hydrogen-bond acceptors (Lipinski definition) is 3. The molecule has 0 unspecified atom stereocenters. The smallest absolute Gasteiger partial charge is 0.0972 e. The number of fused-ring (bicyclic) bond motifs is 6. The monoisotopic (exact) mass is 433 g/mol. The third kappa shape index (κ3) is 2.95. The number of rotatable bonds is 2. The SMILES string of the molecule is c1ccc(-c2ccc3ccc4cc5c(-c6ccccc6)nc6ccccc6c5nc4c3n2)cc1. The average Bonchev–Trinajstić information content (AvgIpc) is 2.92. The Labute approximate surface area is 196 Å². The second kappa shape index (κ2) is 7.46. The molecular formula is C31H19N3. The molecule has 3 heterocycles. The van der Waals surface area contributed by atoms with Crippen LogP contribution in [0.5, 0.6) is 0 Å². The highest BCUT2D eigenvalue weighted by Gasteiger charge is 2.14. The van der Waals surface area contributed by atoms with Crippen molar-refractivity contribution in [3.05, 3.63) is 115 Å². The lowest BCUT2D eigenvalue weighted by atomic mass is 10.0. The van der Waals surface area contributed by atoms with Crippen LogP contribution in [-0.2, 0) is 0 Å². The van der Waals surface area contributed by atoms with Crippen LogP contribution in [0.1, 0.15) is 0 Å². The van der Waals surface area contributed by atoms with E-state index in [1.54, 1.807) is 0 Å². The molecule has 158 valence electrons. The first-order valence-electron chi connectivity index (χ1n) is 11.4. The molecule has 34 heavy (non-hydrogen) atoms. The minimum Gasteiger partial charge on any atom is -0.247 e. The van der Waals surface area contributed by atoms with Crippen LogP contribution < -0.4 is 0 Å². The predicted octanol–water partition coefficient (Wildman–Crippen LogP) is 7.82. The average molecular weight is 434 g/mol. The van der Waals surface area contributed by atoms with Crippen molar-refractivity contribution in [2.75, 3.05) is 0 Å². The second-order valence-electron chi connectivity index (χ2n) is 8.50. The normalized spacial score (nSPS) is 11.5. The minimum atomic E-state index is 0.915. The van der Waals surface area contributed by atoms with Gasteiger partial charge in [0, 0.05) is 32.7 Å². The fourth-order valence-corrected chi connectivity index (χ4v) is 4.74. The third-order valence-electron chi connectivity index (χ3n) is 6.41. The molecule has 7 aromatic rings. The van der Waals surface area contributed by atoms with E-state index < -0.39 is 0 Å². The third-order valence-corrected chi connectivity index (χ3v) is 6.41. The molecule has 3 nitrogen and oxygen atoms in total. The van der Waals surface area contributed by atoms with Gasteiger partial charge in [-0.3, -0.25) is 0 Å². The molecule has 0 radical (unpaired) electrons. The summed E-state index contributed by atoms with van der Waals surface area (Å²) in [5.41, 5.74) is 7.83. The molecule has 0 saturated heterocycles. The van der Waals surface area contributed by atoms with Gasteiger partial charge in [-0.05, 0) is 18.2 Å². The number of benzene rings is 4. The lowest BCUT2D eigenvalue weighted by Gasteiger charge is -2.12. The Morgan fingerprint density at radius 3 is 1.88 bits per heavy atom. The van der Waals surface area contributed by atoms with Crippen LogP contribution in [0.25, 0.3) is 66.1 Å². The van der Waals surface area contributed by atoms with Crippen molar-refractivity contribution >= 4 is 43.6 Å². The molecule has 0 bridgehead atoms. The first-order valence-corrected chi connectivity index (χ1v) is 11.4. The van der Waals surface area contributed by atoms with E-state index in [1.165, 1.54) is 0 Å². The minimum absolute atomic E-state index is 0.915. The van der Waals surface area contributed by atoms with Crippen LogP contribution in [-0.4, -0.2) is 15.0 Å². The molecule has 7 rings (SSSR count). The van der Waals surface area contributed by atoms with Gasteiger partial charge in [-0.15, -0.1) is 0 Å². The van der Waals surface area contributed by atoms with Crippen LogP contribution in [0, 0.1) is 0 Å². The molecule has 0 saturated carbocycles. The Balaban J connectivity index is 1.60. The van der Waals surface area contributed by atoms with Crippen molar-refractivity contribution < 1.29 is 0 Å². The zero-order chi connectivity index (χ0) is 22.5. The number of para-hydroxylation sites is 1. The number of hydrogen-bond donors (Lipinski definition) is 0. The van der Waals surface area contributed by atoms with E-state index in [-0.39, 0.29) is 0 Å². The summed E-state index contributed by atoms with van der Waals surface area (Å²) in [6.45, 7) is 0. The van der Waals surface area contributed by atoms with E-state index in [9.17, 15) is 0 Å². The van der Waals surface area contributed by atoms with Gasteiger partial charge in [0.2, 0.25) is 0 Å². The highest BCUT2D eigenvalue weighted by Crippen LogP contribution is 2.35. The highest BCUT2D eigenvalue weighted by molar-refractivity contribution is 6.15. The Morgan fingerprint density at radius 2 is 1.06 bits per heavy atom. The second-order valence-corrected chi connectivity index (χ2v) is 8.50. The van der Waals surface area contributed by atoms with Gasteiger partial charge in [0.25, 0.3) is 0 Å². The molecule has 4 aromatic carbocycles. The van der Waals surface area contributed by atoms with Crippen molar-refractivity contribution in [2.24, 2.45) is 0 Å². The van der Waals surface area contributed by atoms with Crippen molar-refractivity contribution in [3.8, 4) is 22.5 Å². The Morgan fingerprint density at radius 1 is 0.412 bits per heavy atom. The maximum atomic E-state index is 5.25. The fourth-order valence-electron chi connectivity index (χ4n) is 4.74. The number of aromatic nitrogens is 3. The summed E-state index contributed by atoms with van der Waals surface area (Å²) in [5.74, 6) is 0. The molecule has 0 aliphatic rings. The van der Waals surface area contributed by atoms with Crippen LogP contribution in [0.2, 0.25) is 0 Å². The topological polar surface area (TPSA) is 38.7 Å². The highest BCUT2D eigenvalue weighted by atomic mass is 14.8. The maximum absolute atomic E-state index is 5.25. The van der Waals surface area contributed by atoms with Crippen LogP contribution in [0.4, 0.5) is 0 Å². The number of pyridine rings is 3. The lowest BCUT2D eigenvalue weighted by Crippen LogP contribution is -1.94. The molecule has 0 aliphatic heterocycles. The zero-order valence-electron chi connectivity index (χ0n) is 18.3. The Kier molecular flexibility index (Phi) is 4.15. The lowest BCUT2D eigenvalue weighted by molar-refractivity contribution is 1.38. The summed E-state index contributed by atoms with van der Waals surface area (Å²) < 4.78 is 0. The van der Waals surface area contributed by atoms with E-state index in [2.05, 4.69) is 78.9 Å². The van der Waals surface area contributed by atoms with E-state index in [0.29, 0.717) is 0 Å². The van der Waals surface area contributed by atoms with E-state index in [4.69, 9.17) is 15.0 Å². The van der Waals surface area contributed by atoms with Gasteiger partial charge in [0.1, 0.15) is 0 Å². The van der Waals surface area contributed by atoms with Gasteiger partial charge in [0.15, 0.2) is 0 Å². The molecule has 0 amide bonds. The summed E-state index contributed by atoms with van der Waals surface area (Å²) in [6, 6.07) is 39.6. The van der Waals surface area contributed by atoms with E-state index >= 15 is 0 Å². The zero-order valence-corrected chi connectivity index (χ0v) is 18.3.